The highest BCUT2D eigenvalue weighted by Crippen LogP contribution is 2.40. The summed E-state index contributed by atoms with van der Waals surface area (Å²) in [6, 6.07) is 9.36. The first-order chi connectivity index (χ1) is 10.6. The van der Waals surface area contributed by atoms with Crippen molar-refractivity contribution >= 4 is 11.9 Å². The Balaban J connectivity index is 1.79. The lowest BCUT2D eigenvalue weighted by Crippen LogP contribution is -2.53. The minimum absolute atomic E-state index is 0.0970. The number of rotatable bonds is 3. The van der Waals surface area contributed by atoms with Crippen LogP contribution in [0.1, 0.15) is 29.6 Å². The van der Waals surface area contributed by atoms with E-state index in [2.05, 4.69) is 4.90 Å². The monoisotopic (exact) mass is 303 g/mol. The Morgan fingerprint density at radius 2 is 1.91 bits per heavy atom. The molecule has 5 heteroatoms. The summed E-state index contributed by atoms with van der Waals surface area (Å²) in [5.41, 5.74) is 0.511. The summed E-state index contributed by atoms with van der Waals surface area (Å²) in [5, 5.41) is 0. The quantitative estimate of drug-likeness (QED) is 0.798. The molecule has 0 saturated carbocycles. The van der Waals surface area contributed by atoms with Crippen molar-refractivity contribution in [1.82, 2.24) is 4.90 Å². The number of hydrogen-bond acceptors (Lipinski definition) is 5. The van der Waals surface area contributed by atoms with Crippen LogP contribution < -0.4 is 0 Å². The van der Waals surface area contributed by atoms with E-state index in [1.807, 2.05) is 13.1 Å². The van der Waals surface area contributed by atoms with E-state index in [1.165, 1.54) is 7.11 Å². The van der Waals surface area contributed by atoms with Crippen molar-refractivity contribution in [3.05, 3.63) is 35.9 Å². The van der Waals surface area contributed by atoms with E-state index in [0.717, 1.165) is 12.8 Å². The third kappa shape index (κ3) is 2.61. The molecule has 0 aliphatic carbocycles. The molecule has 1 aromatic carbocycles. The van der Waals surface area contributed by atoms with Crippen molar-refractivity contribution in [3.63, 3.8) is 0 Å². The second-order valence-electron chi connectivity index (χ2n) is 6.06. The zero-order valence-electron chi connectivity index (χ0n) is 12.9. The van der Waals surface area contributed by atoms with Crippen LogP contribution in [0.15, 0.2) is 30.3 Å². The fraction of sp³-hybridized carbons (Fsp3) is 0.529. The standard InChI is InChI=1S/C17H21NO4/c1-18-12-8-9-13(18)15(17(20)21-2)14(10-12)22-16(19)11-6-4-3-5-7-11/h3-7,12-15H,8-10H2,1-2H3/t12-,13?,14+,15-/m1/s1. The third-order valence-electron chi connectivity index (χ3n) is 4.96. The average molecular weight is 303 g/mol. The molecule has 2 aliphatic rings. The normalized spacial score (nSPS) is 30.8. The van der Waals surface area contributed by atoms with Crippen LogP contribution in [-0.2, 0) is 14.3 Å². The molecular weight excluding hydrogens is 282 g/mol. The van der Waals surface area contributed by atoms with Gasteiger partial charge in [0.2, 0.25) is 0 Å². The van der Waals surface area contributed by atoms with E-state index in [9.17, 15) is 9.59 Å². The highest BCUT2D eigenvalue weighted by Gasteiger charge is 2.50. The smallest absolute Gasteiger partial charge is 0.338 e. The largest absolute Gasteiger partial charge is 0.469 e. The topological polar surface area (TPSA) is 55.8 Å². The zero-order valence-corrected chi connectivity index (χ0v) is 12.9. The van der Waals surface area contributed by atoms with Crippen molar-refractivity contribution in [2.24, 2.45) is 5.92 Å². The molecule has 2 fully saturated rings. The number of methoxy groups -OCH3 is 1. The van der Waals surface area contributed by atoms with Gasteiger partial charge in [0.1, 0.15) is 12.0 Å². The maximum atomic E-state index is 12.3. The lowest BCUT2D eigenvalue weighted by atomic mass is 9.87. The molecule has 0 amide bonds. The Hall–Kier alpha value is -1.88. The number of benzene rings is 1. The number of piperidine rings is 1. The van der Waals surface area contributed by atoms with Gasteiger partial charge in [0, 0.05) is 18.5 Å². The lowest BCUT2D eigenvalue weighted by molar-refractivity contribution is -0.156. The molecule has 1 aromatic rings. The lowest BCUT2D eigenvalue weighted by Gasteiger charge is -2.40. The first kappa shape index (κ1) is 15.0. The van der Waals surface area contributed by atoms with E-state index >= 15 is 0 Å². The molecule has 2 saturated heterocycles. The maximum absolute atomic E-state index is 12.3. The number of carbonyl (C=O) groups is 2. The van der Waals surface area contributed by atoms with Crippen molar-refractivity contribution < 1.29 is 19.1 Å². The Morgan fingerprint density at radius 3 is 2.59 bits per heavy atom. The van der Waals surface area contributed by atoms with Crippen molar-refractivity contribution in [3.8, 4) is 0 Å². The van der Waals surface area contributed by atoms with Gasteiger partial charge in [-0.2, -0.15) is 0 Å². The fourth-order valence-corrected chi connectivity index (χ4v) is 3.77. The van der Waals surface area contributed by atoms with E-state index in [4.69, 9.17) is 9.47 Å². The van der Waals surface area contributed by atoms with Gasteiger partial charge in [-0.25, -0.2) is 4.79 Å². The predicted octanol–water partition coefficient (Wildman–Crippen LogP) is 1.87. The highest BCUT2D eigenvalue weighted by molar-refractivity contribution is 5.89. The Labute approximate surface area is 130 Å². The number of carbonyl (C=O) groups excluding carboxylic acids is 2. The van der Waals surface area contributed by atoms with Crippen molar-refractivity contribution in [2.45, 2.75) is 37.5 Å². The summed E-state index contributed by atoms with van der Waals surface area (Å²) in [4.78, 5) is 26.7. The SMILES string of the molecule is COC(=O)[C@@H]1C2CC[C@H](C[C@@H]1OC(=O)c1ccccc1)N2C. The second kappa shape index (κ2) is 6.08. The fourth-order valence-electron chi connectivity index (χ4n) is 3.77. The molecule has 1 unspecified atom stereocenters. The summed E-state index contributed by atoms with van der Waals surface area (Å²) in [5.74, 6) is -1.06. The van der Waals surface area contributed by atoms with Crippen LogP contribution in [0.4, 0.5) is 0 Å². The van der Waals surface area contributed by atoms with E-state index < -0.39 is 12.0 Å². The number of hydrogen-bond donors (Lipinski definition) is 0. The van der Waals surface area contributed by atoms with Gasteiger partial charge in [-0.15, -0.1) is 0 Å². The number of nitrogens with zero attached hydrogens (tertiary/aromatic N) is 1. The molecule has 0 N–H and O–H groups in total. The van der Waals surface area contributed by atoms with Gasteiger partial charge in [-0.3, -0.25) is 9.69 Å². The van der Waals surface area contributed by atoms with Gasteiger partial charge in [0.05, 0.1) is 12.7 Å². The molecule has 118 valence electrons. The molecule has 2 bridgehead atoms. The van der Waals surface area contributed by atoms with Crippen LogP contribution in [0.5, 0.6) is 0 Å². The average Bonchev–Trinajstić information content (AvgIpc) is 2.78. The van der Waals surface area contributed by atoms with E-state index in [-0.39, 0.29) is 18.0 Å². The van der Waals surface area contributed by atoms with Gasteiger partial charge in [-0.05, 0) is 32.0 Å². The first-order valence-electron chi connectivity index (χ1n) is 7.67. The van der Waals surface area contributed by atoms with Gasteiger partial charge < -0.3 is 9.47 Å². The summed E-state index contributed by atoms with van der Waals surface area (Å²) < 4.78 is 10.6. The number of ether oxygens (including phenoxy) is 2. The summed E-state index contributed by atoms with van der Waals surface area (Å²) in [6.07, 6.45) is 2.26. The molecule has 0 radical (unpaired) electrons. The van der Waals surface area contributed by atoms with Crippen LogP contribution in [0.25, 0.3) is 0 Å². The van der Waals surface area contributed by atoms with Crippen molar-refractivity contribution in [2.75, 3.05) is 14.2 Å². The molecule has 3 rings (SSSR count). The third-order valence-corrected chi connectivity index (χ3v) is 4.96. The molecule has 5 nitrogen and oxygen atoms in total. The van der Waals surface area contributed by atoms with Crippen LogP contribution in [-0.4, -0.2) is 49.2 Å². The molecule has 2 heterocycles. The van der Waals surface area contributed by atoms with Gasteiger partial charge in [-0.1, -0.05) is 18.2 Å². The maximum Gasteiger partial charge on any atom is 0.338 e. The zero-order chi connectivity index (χ0) is 15.7. The van der Waals surface area contributed by atoms with Crippen LogP contribution >= 0.6 is 0 Å². The highest BCUT2D eigenvalue weighted by atomic mass is 16.6. The Morgan fingerprint density at radius 1 is 1.18 bits per heavy atom. The number of esters is 2. The Bertz CT molecular complexity index is 559. The minimum Gasteiger partial charge on any atom is -0.469 e. The van der Waals surface area contributed by atoms with Crippen molar-refractivity contribution in [1.29, 1.82) is 0 Å². The summed E-state index contributed by atoms with van der Waals surface area (Å²) in [6.45, 7) is 0. The van der Waals surface area contributed by atoms with E-state index in [1.54, 1.807) is 24.3 Å². The van der Waals surface area contributed by atoms with Crippen LogP contribution in [0.3, 0.4) is 0 Å². The number of fused-ring (bicyclic) bond motifs is 2. The molecule has 0 aromatic heterocycles. The molecule has 2 aliphatic heterocycles. The van der Waals surface area contributed by atoms with E-state index in [0.29, 0.717) is 18.0 Å². The van der Waals surface area contributed by atoms with Crippen LogP contribution in [0, 0.1) is 5.92 Å². The molecule has 22 heavy (non-hydrogen) atoms. The van der Waals surface area contributed by atoms with Gasteiger partial charge in [0.15, 0.2) is 0 Å². The first-order valence-corrected chi connectivity index (χ1v) is 7.67. The molecule has 0 spiro atoms. The summed E-state index contributed by atoms with van der Waals surface area (Å²) >= 11 is 0. The molecule has 4 atom stereocenters. The van der Waals surface area contributed by atoms with Gasteiger partial charge in [0.25, 0.3) is 0 Å². The summed E-state index contributed by atoms with van der Waals surface area (Å²) in [7, 11) is 3.42. The Kier molecular flexibility index (Phi) is 4.16. The molecular formula is C17H21NO4. The van der Waals surface area contributed by atoms with Crippen LogP contribution in [0.2, 0.25) is 0 Å². The predicted molar refractivity (Wildman–Crippen MR) is 80.3 cm³/mol. The second-order valence-corrected chi connectivity index (χ2v) is 6.06. The van der Waals surface area contributed by atoms with Gasteiger partial charge >= 0.3 is 11.9 Å². The minimum atomic E-state index is -0.408.